The van der Waals surface area contributed by atoms with Crippen molar-refractivity contribution in [3.05, 3.63) is 60.2 Å². The number of hydrogen-bond donors (Lipinski definition) is 1. The van der Waals surface area contributed by atoms with Gasteiger partial charge < -0.3 is 19.5 Å². The van der Waals surface area contributed by atoms with Crippen LogP contribution in [0.25, 0.3) is 0 Å². The molecule has 0 radical (unpaired) electrons. The average Bonchev–Trinajstić information content (AvgIpc) is 2.61. The van der Waals surface area contributed by atoms with Crippen molar-refractivity contribution in [1.29, 1.82) is 0 Å². The number of amides is 1. The Balaban J connectivity index is 1.87. The van der Waals surface area contributed by atoms with Crippen molar-refractivity contribution < 1.29 is 19.0 Å². The topological polar surface area (TPSA) is 56.8 Å². The van der Waals surface area contributed by atoms with E-state index in [9.17, 15) is 4.79 Å². The van der Waals surface area contributed by atoms with E-state index in [0.717, 1.165) is 5.56 Å². The van der Waals surface area contributed by atoms with Crippen LogP contribution in [0.3, 0.4) is 0 Å². The van der Waals surface area contributed by atoms with Crippen LogP contribution in [0, 0.1) is 0 Å². The average molecular weight is 313 g/mol. The van der Waals surface area contributed by atoms with E-state index in [1.165, 1.54) is 0 Å². The predicted octanol–water partition coefficient (Wildman–Crippen LogP) is 2.33. The van der Waals surface area contributed by atoms with E-state index in [-0.39, 0.29) is 24.7 Å². The SMILES string of the molecule is COc1ccccc1O[C@H](c1ccccc1)[C@@H]1CNC(=O)CO1. The summed E-state index contributed by atoms with van der Waals surface area (Å²) in [5.41, 5.74) is 0.986. The summed E-state index contributed by atoms with van der Waals surface area (Å²) in [5.74, 6) is 1.20. The molecule has 0 aromatic heterocycles. The van der Waals surface area contributed by atoms with Gasteiger partial charge in [0.1, 0.15) is 12.7 Å². The smallest absolute Gasteiger partial charge is 0.246 e. The first kappa shape index (κ1) is 15.4. The molecule has 1 aliphatic heterocycles. The monoisotopic (exact) mass is 313 g/mol. The minimum Gasteiger partial charge on any atom is -0.493 e. The highest BCUT2D eigenvalue weighted by Gasteiger charge is 2.30. The van der Waals surface area contributed by atoms with Crippen molar-refractivity contribution in [2.75, 3.05) is 20.3 Å². The Hall–Kier alpha value is -2.53. The van der Waals surface area contributed by atoms with Gasteiger partial charge in [0, 0.05) is 6.54 Å². The quantitative estimate of drug-likeness (QED) is 0.920. The molecule has 1 amide bonds. The van der Waals surface area contributed by atoms with Crippen molar-refractivity contribution in [1.82, 2.24) is 5.32 Å². The predicted molar refractivity (Wildman–Crippen MR) is 85.6 cm³/mol. The number of benzene rings is 2. The van der Waals surface area contributed by atoms with Crippen LogP contribution in [-0.4, -0.2) is 32.3 Å². The zero-order chi connectivity index (χ0) is 16.1. The molecule has 0 spiro atoms. The van der Waals surface area contributed by atoms with Gasteiger partial charge in [-0.25, -0.2) is 0 Å². The normalized spacial score (nSPS) is 18.8. The zero-order valence-electron chi connectivity index (χ0n) is 12.9. The summed E-state index contributed by atoms with van der Waals surface area (Å²) < 4.78 is 17.2. The van der Waals surface area contributed by atoms with Crippen LogP contribution in [0.5, 0.6) is 11.5 Å². The van der Waals surface area contributed by atoms with Crippen LogP contribution >= 0.6 is 0 Å². The lowest BCUT2D eigenvalue weighted by molar-refractivity contribution is -0.137. The first-order chi connectivity index (χ1) is 11.3. The third-order valence-electron chi connectivity index (χ3n) is 3.72. The van der Waals surface area contributed by atoms with Crippen LogP contribution in [0.4, 0.5) is 0 Å². The highest BCUT2D eigenvalue weighted by atomic mass is 16.6. The van der Waals surface area contributed by atoms with Gasteiger partial charge in [-0.2, -0.15) is 0 Å². The number of nitrogens with one attached hydrogen (secondary N) is 1. The van der Waals surface area contributed by atoms with Crippen LogP contribution in [-0.2, 0) is 9.53 Å². The Labute approximate surface area is 135 Å². The molecule has 0 saturated carbocycles. The molecule has 23 heavy (non-hydrogen) atoms. The molecule has 2 aromatic carbocycles. The maximum Gasteiger partial charge on any atom is 0.246 e. The molecule has 1 aliphatic rings. The van der Waals surface area contributed by atoms with E-state index < -0.39 is 0 Å². The molecular formula is C18H19NO4. The minimum atomic E-state index is -0.340. The second-order valence-corrected chi connectivity index (χ2v) is 5.25. The number of morpholine rings is 1. The molecule has 2 aromatic rings. The summed E-state index contributed by atoms with van der Waals surface area (Å²) in [4.78, 5) is 11.3. The first-order valence-electron chi connectivity index (χ1n) is 7.51. The Kier molecular flexibility index (Phi) is 4.78. The number of ether oxygens (including phenoxy) is 3. The first-order valence-corrected chi connectivity index (χ1v) is 7.51. The van der Waals surface area contributed by atoms with Crippen LogP contribution < -0.4 is 14.8 Å². The maximum atomic E-state index is 11.3. The summed E-state index contributed by atoms with van der Waals surface area (Å²) in [6.07, 6.45) is -0.604. The highest BCUT2D eigenvalue weighted by Crippen LogP contribution is 2.33. The van der Waals surface area contributed by atoms with Gasteiger partial charge >= 0.3 is 0 Å². The molecule has 1 N–H and O–H groups in total. The largest absolute Gasteiger partial charge is 0.493 e. The lowest BCUT2D eigenvalue weighted by atomic mass is 10.0. The van der Waals surface area contributed by atoms with Gasteiger partial charge in [-0.3, -0.25) is 4.79 Å². The highest BCUT2D eigenvalue weighted by molar-refractivity contribution is 5.77. The van der Waals surface area contributed by atoms with E-state index in [0.29, 0.717) is 18.0 Å². The summed E-state index contributed by atoms with van der Waals surface area (Å²) in [5, 5.41) is 2.82. The van der Waals surface area contributed by atoms with E-state index in [4.69, 9.17) is 14.2 Å². The second-order valence-electron chi connectivity index (χ2n) is 5.25. The van der Waals surface area contributed by atoms with Crippen LogP contribution in [0.15, 0.2) is 54.6 Å². The maximum absolute atomic E-state index is 11.3. The van der Waals surface area contributed by atoms with E-state index in [1.807, 2.05) is 54.6 Å². The van der Waals surface area contributed by atoms with Gasteiger partial charge in [0.15, 0.2) is 17.6 Å². The second kappa shape index (κ2) is 7.15. The van der Waals surface area contributed by atoms with Gasteiger partial charge in [-0.15, -0.1) is 0 Å². The standard InChI is InChI=1S/C18H19NO4/c1-21-14-9-5-6-10-15(14)23-18(13-7-3-2-4-8-13)16-11-19-17(20)12-22-16/h2-10,16,18H,11-12H2,1H3,(H,19,20)/t16-,18+/m0/s1. The Bertz CT molecular complexity index is 649. The van der Waals surface area contributed by atoms with Gasteiger partial charge in [0.05, 0.1) is 7.11 Å². The number of carbonyl (C=O) groups is 1. The summed E-state index contributed by atoms with van der Waals surface area (Å²) in [6, 6.07) is 17.3. The van der Waals surface area contributed by atoms with Crippen molar-refractivity contribution in [3.63, 3.8) is 0 Å². The fourth-order valence-corrected chi connectivity index (χ4v) is 2.56. The summed E-state index contributed by atoms with van der Waals surface area (Å²) in [7, 11) is 1.61. The van der Waals surface area contributed by atoms with Crippen LogP contribution in [0.2, 0.25) is 0 Å². The molecule has 0 unspecified atom stereocenters. The molecule has 120 valence electrons. The molecular weight excluding hydrogens is 294 g/mol. The number of methoxy groups -OCH3 is 1. The third kappa shape index (κ3) is 3.63. The fraction of sp³-hybridized carbons (Fsp3) is 0.278. The minimum absolute atomic E-state index is 0.0449. The Morgan fingerprint density at radius 1 is 1.09 bits per heavy atom. The molecule has 0 aliphatic carbocycles. The number of rotatable bonds is 5. The molecule has 5 nitrogen and oxygen atoms in total. The summed E-state index contributed by atoms with van der Waals surface area (Å²) >= 11 is 0. The fourth-order valence-electron chi connectivity index (χ4n) is 2.56. The van der Waals surface area contributed by atoms with Crippen molar-refractivity contribution in [2.45, 2.75) is 12.2 Å². The number of carbonyl (C=O) groups excluding carboxylic acids is 1. The van der Waals surface area contributed by atoms with Crippen LogP contribution in [0.1, 0.15) is 11.7 Å². The number of para-hydroxylation sites is 2. The lowest BCUT2D eigenvalue weighted by Gasteiger charge is -2.31. The summed E-state index contributed by atoms with van der Waals surface area (Å²) in [6.45, 7) is 0.455. The Morgan fingerprint density at radius 2 is 1.78 bits per heavy atom. The van der Waals surface area contributed by atoms with E-state index in [2.05, 4.69) is 5.32 Å². The van der Waals surface area contributed by atoms with Gasteiger partial charge in [0.25, 0.3) is 0 Å². The molecule has 3 rings (SSSR count). The third-order valence-corrected chi connectivity index (χ3v) is 3.72. The molecule has 0 bridgehead atoms. The molecule has 1 fully saturated rings. The van der Waals surface area contributed by atoms with Gasteiger partial charge in [-0.1, -0.05) is 42.5 Å². The van der Waals surface area contributed by atoms with E-state index in [1.54, 1.807) is 7.11 Å². The lowest BCUT2D eigenvalue weighted by Crippen LogP contribution is -2.46. The van der Waals surface area contributed by atoms with Crippen molar-refractivity contribution in [2.24, 2.45) is 0 Å². The Morgan fingerprint density at radius 3 is 2.43 bits per heavy atom. The van der Waals surface area contributed by atoms with Gasteiger partial charge in [-0.05, 0) is 17.7 Å². The molecule has 1 heterocycles. The van der Waals surface area contributed by atoms with E-state index >= 15 is 0 Å². The molecule has 5 heteroatoms. The van der Waals surface area contributed by atoms with Gasteiger partial charge in [0.2, 0.25) is 5.91 Å². The zero-order valence-corrected chi connectivity index (χ0v) is 12.9. The van der Waals surface area contributed by atoms with Crippen molar-refractivity contribution >= 4 is 5.91 Å². The number of hydrogen-bond acceptors (Lipinski definition) is 4. The van der Waals surface area contributed by atoms with Crippen molar-refractivity contribution in [3.8, 4) is 11.5 Å². The molecule has 2 atom stereocenters. The molecule has 1 saturated heterocycles.